The van der Waals surface area contributed by atoms with E-state index in [1.807, 2.05) is 4.90 Å². The van der Waals surface area contributed by atoms with E-state index in [1.54, 1.807) is 38.4 Å². The number of rotatable bonds is 9. The SMILES string of the molecule is COc1cccc(-n2c(=O)c3c(CN(C)C)c(-c4ccc(NC=O)cc4)cn3n(Cc3c(F)cccc3F)c2=O)c1F. The Labute approximate surface area is 237 Å². The van der Waals surface area contributed by atoms with E-state index in [4.69, 9.17) is 4.74 Å². The maximum Gasteiger partial charge on any atom is 0.351 e. The molecule has 1 N–H and O–H groups in total. The van der Waals surface area contributed by atoms with Gasteiger partial charge < -0.3 is 15.0 Å². The van der Waals surface area contributed by atoms with Crippen LogP contribution in [-0.2, 0) is 17.9 Å². The molecule has 42 heavy (non-hydrogen) atoms. The Morgan fingerprint density at radius 3 is 2.21 bits per heavy atom. The van der Waals surface area contributed by atoms with Gasteiger partial charge in [-0.2, -0.15) is 0 Å². The molecule has 0 unspecified atom stereocenters. The highest BCUT2D eigenvalue weighted by molar-refractivity contribution is 5.79. The minimum atomic E-state index is -1.02. The Bertz CT molecular complexity index is 1910. The molecular formula is C30H26F3N5O4. The van der Waals surface area contributed by atoms with Crippen LogP contribution in [0.4, 0.5) is 18.9 Å². The number of hydrogen-bond acceptors (Lipinski definition) is 5. The van der Waals surface area contributed by atoms with E-state index in [9.17, 15) is 23.2 Å². The van der Waals surface area contributed by atoms with Crippen LogP contribution in [-0.4, -0.2) is 46.3 Å². The molecule has 2 heterocycles. The monoisotopic (exact) mass is 577 g/mol. The number of ether oxygens (including phenoxy) is 1. The normalized spacial score (nSPS) is 11.3. The van der Waals surface area contributed by atoms with E-state index < -0.39 is 40.8 Å². The van der Waals surface area contributed by atoms with Crippen LogP contribution in [0, 0.1) is 17.5 Å². The van der Waals surface area contributed by atoms with Crippen LogP contribution in [0.3, 0.4) is 0 Å². The summed E-state index contributed by atoms with van der Waals surface area (Å²) >= 11 is 0. The summed E-state index contributed by atoms with van der Waals surface area (Å²) in [5.41, 5.74) is -0.428. The van der Waals surface area contributed by atoms with Gasteiger partial charge in [0.05, 0.1) is 19.3 Å². The van der Waals surface area contributed by atoms with Crippen LogP contribution < -0.4 is 21.3 Å². The van der Waals surface area contributed by atoms with Crippen molar-refractivity contribution in [1.82, 2.24) is 18.7 Å². The van der Waals surface area contributed by atoms with Gasteiger partial charge in [0.25, 0.3) is 5.56 Å². The van der Waals surface area contributed by atoms with Crippen LogP contribution in [0.1, 0.15) is 11.1 Å². The topological polar surface area (TPSA) is 90.0 Å². The van der Waals surface area contributed by atoms with Crippen LogP contribution in [0.25, 0.3) is 22.3 Å². The van der Waals surface area contributed by atoms with E-state index in [0.717, 1.165) is 16.8 Å². The van der Waals surface area contributed by atoms with Gasteiger partial charge in [-0.25, -0.2) is 27.2 Å². The predicted octanol–water partition coefficient (Wildman–Crippen LogP) is 4.02. The molecule has 3 aromatic carbocycles. The second-order valence-corrected chi connectivity index (χ2v) is 9.77. The average molecular weight is 578 g/mol. The molecule has 5 aromatic rings. The molecule has 0 saturated carbocycles. The first-order valence-corrected chi connectivity index (χ1v) is 12.8. The zero-order chi connectivity index (χ0) is 30.1. The summed E-state index contributed by atoms with van der Waals surface area (Å²) in [7, 11) is 4.82. The highest BCUT2D eigenvalue weighted by Crippen LogP contribution is 2.30. The molecule has 0 aliphatic carbocycles. The number of nitrogens with one attached hydrogen (secondary N) is 1. The molecule has 5 rings (SSSR count). The van der Waals surface area contributed by atoms with E-state index in [0.29, 0.717) is 33.4 Å². The smallest absolute Gasteiger partial charge is 0.351 e. The number of anilines is 1. The maximum absolute atomic E-state index is 15.5. The maximum atomic E-state index is 15.5. The Balaban J connectivity index is 1.90. The summed E-state index contributed by atoms with van der Waals surface area (Å²) in [6, 6.07) is 14.1. The van der Waals surface area contributed by atoms with Crippen LogP contribution >= 0.6 is 0 Å². The van der Waals surface area contributed by atoms with Gasteiger partial charge >= 0.3 is 5.69 Å². The molecule has 0 bridgehead atoms. The third-order valence-electron chi connectivity index (χ3n) is 6.84. The van der Waals surface area contributed by atoms with Gasteiger partial charge in [0.2, 0.25) is 6.41 Å². The molecule has 0 radical (unpaired) electrons. The van der Waals surface area contributed by atoms with Crippen LogP contribution in [0.5, 0.6) is 5.75 Å². The quantitative estimate of drug-likeness (QED) is 0.268. The highest BCUT2D eigenvalue weighted by atomic mass is 19.1. The van der Waals surface area contributed by atoms with Crippen molar-refractivity contribution in [1.29, 1.82) is 0 Å². The lowest BCUT2D eigenvalue weighted by atomic mass is 10.0. The van der Waals surface area contributed by atoms with Gasteiger partial charge in [-0.3, -0.25) is 14.1 Å². The van der Waals surface area contributed by atoms with Crippen molar-refractivity contribution in [3.63, 3.8) is 0 Å². The summed E-state index contributed by atoms with van der Waals surface area (Å²) in [6.45, 7) is -0.375. The number of fused-ring (bicyclic) bond motifs is 1. The van der Waals surface area contributed by atoms with E-state index in [1.165, 1.54) is 42.1 Å². The van der Waals surface area contributed by atoms with Crippen molar-refractivity contribution >= 4 is 17.6 Å². The van der Waals surface area contributed by atoms with E-state index in [-0.39, 0.29) is 23.5 Å². The molecule has 0 fully saturated rings. The van der Waals surface area contributed by atoms with Gasteiger partial charge in [-0.05, 0) is 56.1 Å². The zero-order valence-corrected chi connectivity index (χ0v) is 22.9. The molecule has 0 aliphatic rings. The lowest BCUT2D eigenvalue weighted by Crippen LogP contribution is -2.43. The fourth-order valence-electron chi connectivity index (χ4n) is 4.91. The predicted molar refractivity (Wildman–Crippen MR) is 152 cm³/mol. The Morgan fingerprint density at radius 1 is 0.929 bits per heavy atom. The third kappa shape index (κ3) is 4.96. The standard InChI is InChI=1S/C30H26F3N5O4/c1-35(2)14-21-20(18-10-12-19(13-11-18)34-17-39)15-36-28(21)29(40)38(25-8-5-9-26(42-3)27(25)33)30(41)37(36)16-22-23(31)6-4-7-24(22)32/h4-13,15,17H,14,16H2,1-3H3,(H,34,39). The molecule has 0 aliphatic heterocycles. The highest BCUT2D eigenvalue weighted by Gasteiger charge is 2.25. The molecule has 0 saturated heterocycles. The molecule has 0 atom stereocenters. The summed E-state index contributed by atoms with van der Waals surface area (Å²) in [5.74, 6) is -2.93. The van der Waals surface area contributed by atoms with Crippen molar-refractivity contribution in [3.05, 3.63) is 116 Å². The van der Waals surface area contributed by atoms with Crippen molar-refractivity contribution in [3.8, 4) is 22.6 Å². The van der Waals surface area contributed by atoms with E-state index >= 15 is 4.39 Å². The summed E-state index contributed by atoms with van der Waals surface area (Å²) in [5, 5.41) is 2.55. The van der Waals surface area contributed by atoms with Crippen LogP contribution in [0.2, 0.25) is 0 Å². The minimum absolute atomic E-state index is 0.00682. The fraction of sp³-hybridized carbons (Fsp3) is 0.167. The average Bonchev–Trinajstić information content (AvgIpc) is 3.32. The molecule has 2 aromatic heterocycles. The zero-order valence-electron chi connectivity index (χ0n) is 22.9. The molecule has 216 valence electrons. The number of amides is 1. The van der Waals surface area contributed by atoms with Gasteiger partial charge in [0.15, 0.2) is 11.6 Å². The number of hydrogen-bond donors (Lipinski definition) is 1. The lowest BCUT2D eigenvalue weighted by Gasteiger charge is -2.17. The molecule has 12 heteroatoms. The van der Waals surface area contributed by atoms with Crippen LogP contribution in [0.15, 0.2) is 76.4 Å². The number of carbonyl (C=O) groups excluding carboxylic acids is 1. The molecule has 1 amide bonds. The van der Waals surface area contributed by atoms with Gasteiger partial charge in [-0.1, -0.05) is 24.3 Å². The first-order chi connectivity index (χ1) is 20.2. The van der Waals surface area contributed by atoms with E-state index in [2.05, 4.69) is 5.32 Å². The fourth-order valence-corrected chi connectivity index (χ4v) is 4.91. The van der Waals surface area contributed by atoms with Gasteiger partial charge in [0, 0.05) is 35.1 Å². The second-order valence-electron chi connectivity index (χ2n) is 9.77. The Morgan fingerprint density at radius 2 is 1.60 bits per heavy atom. The van der Waals surface area contributed by atoms with Crippen molar-refractivity contribution in [2.45, 2.75) is 13.1 Å². The number of aromatic nitrogens is 3. The first-order valence-electron chi connectivity index (χ1n) is 12.8. The Kier molecular flexibility index (Phi) is 7.72. The summed E-state index contributed by atoms with van der Waals surface area (Å²) in [6.07, 6.45) is 2.07. The van der Waals surface area contributed by atoms with Gasteiger partial charge in [0.1, 0.15) is 17.2 Å². The largest absolute Gasteiger partial charge is 0.494 e. The molecule has 0 spiro atoms. The minimum Gasteiger partial charge on any atom is -0.494 e. The van der Waals surface area contributed by atoms with Crippen molar-refractivity contribution in [2.24, 2.45) is 0 Å². The number of methoxy groups -OCH3 is 1. The third-order valence-corrected chi connectivity index (χ3v) is 6.84. The number of carbonyl (C=O) groups is 1. The summed E-state index contributed by atoms with van der Waals surface area (Å²) in [4.78, 5) is 40.8. The van der Waals surface area contributed by atoms with Gasteiger partial charge in [-0.15, -0.1) is 0 Å². The molecular weight excluding hydrogens is 551 g/mol. The number of halogens is 3. The first kappa shape index (κ1) is 28.4. The second kappa shape index (κ2) is 11.4. The van der Waals surface area contributed by atoms with Crippen molar-refractivity contribution in [2.75, 3.05) is 26.5 Å². The Hall–Kier alpha value is -5.10. The summed E-state index contributed by atoms with van der Waals surface area (Å²) < 4.78 is 53.1. The lowest BCUT2D eigenvalue weighted by molar-refractivity contribution is -0.105. The van der Waals surface area contributed by atoms with Crippen molar-refractivity contribution < 1.29 is 22.7 Å². The number of benzene rings is 3. The molecule has 9 nitrogen and oxygen atoms in total. The number of nitrogens with zero attached hydrogens (tertiary/aromatic N) is 4.